The highest BCUT2D eigenvalue weighted by Gasteiger charge is 2.19. The number of carbonyl (C=O) groups is 2. The van der Waals surface area contributed by atoms with Crippen molar-refractivity contribution in [3.8, 4) is 5.75 Å². The minimum absolute atomic E-state index is 0.212. The summed E-state index contributed by atoms with van der Waals surface area (Å²) in [5.74, 6) is -0.572. The maximum atomic E-state index is 12.5. The Hall–Kier alpha value is -2.62. The molecule has 0 saturated heterocycles. The molecule has 0 atom stereocenters. The quantitative estimate of drug-likeness (QED) is 0.387. The van der Waals surface area contributed by atoms with Gasteiger partial charge in [-0.3, -0.25) is 0 Å². The highest BCUT2D eigenvalue weighted by Crippen LogP contribution is 2.19. The second-order valence-electron chi connectivity index (χ2n) is 5.90. The fourth-order valence-corrected chi connectivity index (χ4v) is 2.44. The number of rotatable bonds is 8. The van der Waals surface area contributed by atoms with Gasteiger partial charge in [0.05, 0.1) is 17.7 Å². The second-order valence-corrected chi connectivity index (χ2v) is 5.90. The molecule has 2 aromatic carbocycles. The minimum Gasteiger partial charge on any atom is -0.462 e. The Bertz CT molecular complexity index is 721. The van der Waals surface area contributed by atoms with Gasteiger partial charge in [-0.1, -0.05) is 56.5 Å². The Kier molecular flexibility index (Phi) is 7.20. The van der Waals surface area contributed by atoms with Crippen LogP contribution in [-0.4, -0.2) is 18.5 Å². The number of benzene rings is 2. The van der Waals surface area contributed by atoms with Crippen molar-refractivity contribution in [2.75, 3.05) is 6.61 Å². The number of ether oxygens (including phenoxy) is 2. The lowest BCUT2D eigenvalue weighted by molar-refractivity contribution is 0.0489. The smallest absolute Gasteiger partial charge is 0.344 e. The van der Waals surface area contributed by atoms with Crippen molar-refractivity contribution >= 4 is 11.9 Å². The molecule has 0 aromatic heterocycles. The monoisotopic (exact) mass is 340 g/mol. The molecule has 0 aliphatic rings. The number of esters is 2. The fourth-order valence-electron chi connectivity index (χ4n) is 2.44. The number of hydrogen-bond donors (Lipinski definition) is 0. The van der Waals surface area contributed by atoms with E-state index in [2.05, 4.69) is 6.92 Å². The number of unbranched alkanes of at least 4 members (excludes halogenated alkanes) is 3. The van der Waals surface area contributed by atoms with Gasteiger partial charge in [-0.05, 0) is 37.1 Å². The maximum Gasteiger partial charge on any atom is 0.344 e. The van der Waals surface area contributed by atoms with Gasteiger partial charge in [0, 0.05) is 0 Å². The lowest BCUT2D eigenvalue weighted by Crippen LogP contribution is -2.16. The summed E-state index contributed by atoms with van der Waals surface area (Å²) in [6, 6.07) is 13.8. The van der Waals surface area contributed by atoms with E-state index in [1.54, 1.807) is 36.4 Å². The zero-order valence-electron chi connectivity index (χ0n) is 14.8. The maximum absolute atomic E-state index is 12.5. The number of carbonyl (C=O) groups excluding carboxylic acids is 2. The van der Waals surface area contributed by atoms with Crippen molar-refractivity contribution in [2.45, 2.75) is 39.5 Å². The average molecular weight is 340 g/mol. The molecule has 0 N–H and O–H groups in total. The molecule has 0 bridgehead atoms. The van der Waals surface area contributed by atoms with E-state index < -0.39 is 11.9 Å². The molecule has 132 valence electrons. The van der Waals surface area contributed by atoms with Crippen LogP contribution in [0.15, 0.2) is 48.5 Å². The first-order valence-electron chi connectivity index (χ1n) is 8.67. The third-order valence-corrected chi connectivity index (χ3v) is 3.89. The van der Waals surface area contributed by atoms with Gasteiger partial charge >= 0.3 is 11.9 Å². The highest BCUT2D eigenvalue weighted by atomic mass is 16.5. The van der Waals surface area contributed by atoms with Gasteiger partial charge in [0.15, 0.2) is 0 Å². The topological polar surface area (TPSA) is 52.6 Å². The van der Waals surface area contributed by atoms with E-state index >= 15 is 0 Å². The van der Waals surface area contributed by atoms with Crippen LogP contribution in [0, 0.1) is 6.92 Å². The van der Waals surface area contributed by atoms with Gasteiger partial charge in [0.1, 0.15) is 5.75 Å². The van der Waals surface area contributed by atoms with Gasteiger partial charge in [0.25, 0.3) is 0 Å². The first-order chi connectivity index (χ1) is 12.1. The molecule has 0 aliphatic heterocycles. The third kappa shape index (κ3) is 5.45. The van der Waals surface area contributed by atoms with Crippen molar-refractivity contribution in [2.24, 2.45) is 0 Å². The molecule has 4 nitrogen and oxygen atoms in total. The minimum atomic E-state index is -0.562. The van der Waals surface area contributed by atoms with E-state index in [4.69, 9.17) is 9.47 Å². The third-order valence-electron chi connectivity index (χ3n) is 3.89. The zero-order valence-corrected chi connectivity index (χ0v) is 14.8. The van der Waals surface area contributed by atoms with Crippen LogP contribution in [0.2, 0.25) is 0 Å². The highest BCUT2D eigenvalue weighted by molar-refractivity contribution is 6.03. The average Bonchev–Trinajstić information content (AvgIpc) is 2.63. The lowest BCUT2D eigenvalue weighted by atomic mass is 10.1. The van der Waals surface area contributed by atoms with E-state index in [9.17, 15) is 9.59 Å². The molecule has 0 radical (unpaired) electrons. The molecule has 0 aliphatic carbocycles. The van der Waals surface area contributed by atoms with Gasteiger partial charge in [-0.25, -0.2) is 9.59 Å². The van der Waals surface area contributed by atoms with Crippen LogP contribution in [0.3, 0.4) is 0 Å². The molecular formula is C21H24O4. The molecule has 0 unspecified atom stereocenters. The molecule has 0 heterocycles. The van der Waals surface area contributed by atoms with Gasteiger partial charge < -0.3 is 9.47 Å². The predicted octanol–water partition coefficient (Wildman–Crippen LogP) is 4.95. The summed E-state index contributed by atoms with van der Waals surface area (Å²) in [6.45, 7) is 4.35. The van der Waals surface area contributed by atoms with E-state index in [1.165, 1.54) is 0 Å². The molecular weight excluding hydrogens is 316 g/mol. The van der Waals surface area contributed by atoms with E-state index in [-0.39, 0.29) is 11.1 Å². The Morgan fingerprint density at radius 3 is 2.16 bits per heavy atom. The van der Waals surface area contributed by atoms with Crippen molar-refractivity contribution in [3.05, 3.63) is 65.2 Å². The summed E-state index contributed by atoms with van der Waals surface area (Å²) < 4.78 is 10.7. The Morgan fingerprint density at radius 1 is 0.840 bits per heavy atom. The van der Waals surface area contributed by atoms with Gasteiger partial charge in [-0.15, -0.1) is 0 Å². The number of para-hydroxylation sites is 1. The fraction of sp³-hybridized carbons (Fsp3) is 0.333. The van der Waals surface area contributed by atoms with Crippen LogP contribution >= 0.6 is 0 Å². The first-order valence-corrected chi connectivity index (χ1v) is 8.67. The largest absolute Gasteiger partial charge is 0.462 e. The van der Waals surface area contributed by atoms with E-state index in [1.807, 2.05) is 19.1 Å². The molecule has 25 heavy (non-hydrogen) atoms. The normalized spacial score (nSPS) is 10.3. The standard InChI is InChI=1S/C21H24O4/c1-3-4-5-10-15-24-20(22)17-12-7-8-13-18(17)21(23)25-19-14-9-6-11-16(19)2/h6-9,11-14H,3-5,10,15H2,1-2H3. The van der Waals surface area contributed by atoms with Crippen molar-refractivity contribution < 1.29 is 19.1 Å². The summed E-state index contributed by atoms with van der Waals surface area (Å²) >= 11 is 0. The Morgan fingerprint density at radius 2 is 1.48 bits per heavy atom. The summed E-state index contributed by atoms with van der Waals surface area (Å²) in [6.07, 6.45) is 4.11. The number of aryl methyl sites for hydroxylation is 1. The molecule has 2 rings (SSSR count). The van der Waals surface area contributed by atoms with Crippen LogP contribution in [0.5, 0.6) is 5.75 Å². The van der Waals surface area contributed by atoms with Crippen LogP contribution in [0.4, 0.5) is 0 Å². The summed E-state index contributed by atoms with van der Waals surface area (Å²) in [5, 5.41) is 0. The van der Waals surface area contributed by atoms with E-state index in [0.29, 0.717) is 12.4 Å². The number of hydrogen-bond acceptors (Lipinski definition) is 4. The van der Waals surface area contributed by atoms with Crippen LogP contribution in [0.25, 0.3) is 0 Å². The van der Waals surface area contributed by atoms with Crippen LogP contribution in [0.1, 0.15) is 58.9 Å². The van der Waals surface area contributed by atoms with Crippen molar-refractivity contribution in [3.63, 3.8) is 0 Å². The van der Waals surface area contributed by atoms with Gasteiger partial charge in [0.2, 0.25) is 0 Å². The lowest BCUT2D eigenvalue weighted by Gasteiger charge is -2.10. The molecule has 2 aromatic rings. The Labute approximate surface area is 148 Å². The molecule has 4 heteroatoms. The summed E-state index contributed by atoms with van der Waals surface area (Å²) in [4.78, 5) is 24.8. The molecule has 0 amide bonds. The molecule has 0 spiro atoms. The predicted molar refractivity (Wildman–Crippen MR) is 97.0 cm³/mol. The zero-order chi connectivity index (χ0) is 18.1. The van der Waals surface area contributed by atoms with Crippen molar-refractivity contribution in [1.29, 1.82) is 0 Å². The van der Waals surface area contributed by atoms with Crippen molar-refractivity contribution in [1.82, 2.24) is 0 Å². The first kappa shape index (κ1) is 18.7. The SMILES string of the molecule is CCCCCCOC(=O)c1ccccc1C(=O)Oc1ccccc1C. The van der Waals surface area contributed by atoms with E-state index in [0.717, 1.165) is 31.2 Å². The molecule has 0 fully saturated rings. The van der Waals surface area contributed by atoms with Crippen LogP contribution < -0.4 is 4.74 Å². The van der Waals surface area contributed by atoms with Gasteiger partial charge in [-0.2, -0.15) is 0 Å². The second kappa shape index (κ2) is 9.62. The summed E-state index contributed by atoms with van der Waals surface area (Å²) in [5.41, 5.74) is 1.30. The Balaban J connectivity index is 2.05. The van der Waals surface area contributed by atoms with Crippen LogP contribution in [-0.2, 0) is 4.74 Å². The summed E-state index contributed by atoms with van der Waals surface area (Å²) in [7, 11) is 0. The molecule has 0 saturated carbocycles.